The molecule has 5 nitrogen and oxygen atoms in total. The Bertz CT molecular complexity index is 1110. The molecular formula is C21H23FN2O3S. The number of aryl methyl sites for hydroxylation is 3. The Hall–Kier alpha value is -2.67. The van der Waals surface area contributed by atoms with E-state index in [9.17, 15) is 12.8 Å². The summed E-state index contributed by atoms with van der Waals surface area (Å²) in [4.78, 5) is 0.135. The molecule has 7 heteroatoms. The second-order valence-corrected chi connectivity index (χ2v) is 8.70. The van der Waals surface area contributed by atoms with Crippen molar-refractivity contribution in [3.05, 3.63) is 70.7 Å². The Kier molecular flexibility index (Phi) is 5.30. The lowest BCUT2D eigenvalue weighted by molar-refractivity contribution is 0.463. The molecule has 2 aromatic carbocycles. The summed E-state index contributed by atoms with van der Waals surface area (Å²) in [6.07, 6.45) is 0. The van der Waals surface area contributed by atoms with Gasteiger partial charge in [0, 0.05) is 6.07 Å². The molecule has 0 saturated carbocycles. The Morgan fingerprint density at radius 1 is 1.04 bits per heavy atom. The van der Waals surface area contributed by atoms with E-state index < -0.39 is 15.9 Å². The molecule has 0 aliphatic carbocycles. The highest BCUT2D eigenvalue weighted by molar-refractivity contribution is 7.87. The molecule has 0 saturated heterocycles. The van der Waals surface area contributed by atoms with Gasteiger partial charge in [0.1, 0.15) is 10.7 Å². The van der Waals surface area contributed by atoms with Crippen LogP contribution in [-0.4, -0.2) is 18.2 Å². The smallest absolute Gasteiger partial charge is 0.341 e. The number of hydrogen-bond acceptors (Lipinski definition) is 4. The minimum atomic E-state index is -4.10. The number of hydrogen-bond donors (Lipinski definition) is 0. The van der Waals surface area contributed by atoms with Gasteiger partial charge in [-0.15, -0.1) is 0 Å². The lowest BCUT2D eigenvalue weighted by atomic mass is 10.1. The number of halogens is 1. The topological polar surface area (TPSA) is 61.2 Å². The van der Waals surface area contributed by atoms with Crippen LogP contribution in [0.2, 0.25) is 0 Å². The number of benzene rings is 2. The quantitative estimate of drug-likeness (QED) is 0.574. The molecule has 0 bridgehead atoms. The number of aromatic nitrogens is 2. The van der Waals surface area contributed by atoms with Crippen molar-refractivity contribution in [1.29, 1.82) is 0 Å². The number of rotatable bonds is 5. The van der Waals surface area contributed by atoms with E-state index in [0.29, 0.717) is 22.5 Å². The molecule has 0 aliphatic heterocycles. The first kappa shape index (κ1) is 20.1. The van der Waals surface area contributed by atoms with Crippen LogP contribution in [0.25, 0.3) is 5.69 Å². The van der Waals surface area contributed by atoms with Crippen LogP contribution in [0.1, 0.15) is 42.1 Å². The first-order valence-electron chi connectivity index (χ1n) is 8.96. The highest BCUT2D eigenvalue weighted by Gasteiger charge is 2.25. The fourth-order valence-electron chi connectivity index (χ4n) is 3.23. The Labute approximate surface area is 164 Å². The monoisotopic (exact) mass is 402 g/mol. The predicted molar refractivity (Wildman–Crippen MR) is 106 cm³/mol. The third-order valence-electron chi connectivity index (χ3n) is 4.39. The van der Waals surface area contributed by atoms with Crippen molar-refractivity contribution >= 4 is 10.1 Å². The molecule has 0 N–H and O–H groups in total. The first-order chi connectivity index (χ1) is 13.1. The molecule has 0 fully saturated rings. The van der Waals surface area contributed by atoms with Gasteiger partial charge in [0.25, 0.3) is 0 Å². The van der Waals surface area contributed by atoms with Gasteiger partial charge in [-0.05, 0) is 56.0 Å². The third kappa shape index (κ3) is 3.94. The van der Waals surface area contributed by atoms with E-state index in [1.165, 1.54) is 22.9 Å². The molecule has 0 atom stereocenters. The zero-order valence-corrected chi connectivity index (χ0v) is 17.3. The average molecular weight is 402 g/mol. The Morgan fingerprint density at radius 2 is 1.68 bits per heavy atom. The van der Waals surface area contributed by atoms with Crippen LogP contribution in [0.15, 0.2) is 47.4 Å². The van der Waals surface area contributed by atoms with Crippen molar-refractivity contribution in [2.24, 2.45) is 0 Å². The van der Waals surface area contributed by atoms with Gasteiger partial charge in [0.2, 0.25) is 5.88 Å². The predicted octanol–water partition coefficient (Wildman–Crippen LogP) is 4.83. The lowest BCUT2D eigenvalue weighted by Crippen LogP contribution is -2.15. The summed E-state index contributed by atoms with van der Waals surface area (Å²) in [5.41, 5.74) is 3.22. The lowest BCUT2D eigenvalue weighted by Gasteiger charge is -2.13. The van der Waals surface area contributed by atoms with Crippen molar-refractivity contribution in [3.8, 4) is 11.6 Å². The Morgan fingerprint density at radius 3 is 2.25 bits per heavy atom. The van der Waals surface area contributed by atoms with Gasteiger partial charge in [-0.1, -0.05) is 37.6 Å². The molecule has 3 aromatic rings. The zero-order chi connectivity index (χ0) is 20.6. The minimum Gasteiger partial charge on any atom is -0.358 e. The van der Waals surface area contributed by atoms with E-state index in [-0.39, 0.29) is 16.7 Å². The highest BCUT2D eigenvalue weighted by Crippen LogP contribution is 2.29. The summed E-state index contributed by atoms with van der Waals surface area (Å²) in [5.74, 6) is -0.380. The molecule has 1 heterocycles. The van der Waals surface area contributed by atoms with E-state index in [1.807, 2.05) is 20.8 Å². The molecule has 0 aliphatic rings. The normalized spacial score (nSPS) is 11.8. The largest absolute Gasteiger partial charge is 0.358 e. The van der Waals surface area contributed by atoms with Gasteiger partial charge in [-0.25, -0.2) is 4.39 Å². The van der Waals surface area contributed by atoms with Crippen LogP contribution >= 0.6 is 0 Å². The van der Waals surface area contributed by atoms with Crippen molar-refractivity contribution < 1.29 is 17.0 Å². The van der Waals surface area contributed by atoms with Gasteiger partial charge in [-0.3, -0.25) is 0 Å². The fourth-order valence-corrected chi connectivity index (χ4v) is 4.56. The standard InChI is InChI=1S/C21H23FN2O3S/c1-13(2)19-12-20(24(23-19)18-8-6-7-17(22)11-18)27-28(25,26)21-15(4)9-14(3)10-16(21)5/h6-13H,1-5H3. The maximum atomic E-state index is 13.7. The van der Waals surface area contributed by atoms with E-state index in [4.69, 9.17) is 4.18 Å². The highest BCUT2D eigenvalue weighted by atomic mass is 32.2. The van der Waals surface area contributed by atoms with Gasteiger partial charge < -0.3 is 4.18 Å². The van der Waals surface area contributed by atoms with Crippen LogP contribution in [0.4, 0.5) is 4.39 Å². The van der Waals surface area contributed by atoms with Crippen molar-refractivity contribution in [1.82, 2.24) is 9.78 Å². The molecule has 0 unspecified atom stereocenters. The van der Waals surface area contributed by atoms with Crippen molar-refractivity contribution in [2.45, 2.75) is 45.4 Å². The summed E-state index contributed by atoms with van der Waals surface area (Å²) >= 11 is 0. The summed E-state index contributed by atoms with van der Waals surface area (Å²) in [6.45, 7) is 9.25. The summed E-state index contributed by atoms with van der Waals surface area (Å²) < 4.78 is 46.6. The third-order valence-corrected chi connectivity index (χ3v) is 5.92. The van der Waals surface area contributed by atoms with E-state index in [1.54, 1.807) is 38.1 Å². The number of nitrogens with zero attached hydrogens (tertiary/aromatic N) is 2. The average Bonchev–Trinajstić information content (AvgIpc) is 2.96. The molecule has 0 amide bonds. The van der Waals surface area contributed by atoms with Crippen molar-refractivity contribution in [2.75, 3.05) is 0 Å². The van der Waals surface area contributed by atoms with Crippen LogP contribution in [0.5, 0.6) is 5.88 Å². The molecule has 148 valence electrons. The molecule has 1 aromatic heterocycles. The minimum absolute atomic E-state index is 0.0219. The second-order valence-electron chi connectivity index (χ2n) is 7.22. The van der Waals surface area contributed by atoms with Gasteiger partial charge in [0.15, 0.2) is 0 Å². The maximum Gasteiger partial charge on any atom is 0.341 e. The molecule has 0 spiro atoms. The van der Waals surface area contributed by atoms with Crippen LogP contribution < -0.4 is 4.18 Å². The summed E-state index contributed by atoms with van der Waals surface area (Å²) in [7, 11) is -4.10. The molecule has 28 heavy (non-hydrogen) atoms. The summed E-state index contributed by atoms with van der Waals surface area (Å²) in [6, 6.07) is 10.9. The van der Waals surface area contributed by atoms with Gasteiger partial charge >= 0.3 is 10.1 Å². The fraction of sp³-hybridized carbons (Fsp3) is 0.286. The first-order valence-corrected chi connectivity index (χ1v) is 10.4. The van der Waals surface area contributed by atoms with Gasteiger partial charge in [-0.2, -0.15) is 18.2 Å². The van der Waals surface area contributed by atoms with E-state index in [2.05, 4.69) is 5.10 Å². The van der Waals surface area contributed by atoms with E-state index >= 15 is 0 Å². The maximum absolute atomic E-state index is 13.7. The SMILES string of the molecule is Cc1cc(C)c(S(=O)(=O)Oc2cc(C(C)C)nn2-c2cccc(F)c2)c(C)c1. The summed E-state index contributed by atoms with van der Waals surface area (Å²) in [5, 5.41) is 4.42. The second kappa shape index (κ2) is 7.39. The van der Waals surface area contributed by atoms with Crippen molar-refractivity contribution in [3.63, 3.8) is 0 Å². The molecule has 3 rings (SSSR count). The van der Waals surface area contributed by atoms with Crippen LogP contribution in [-0.2, 0) is 10.1 Å². The van der Waals surface area contributed by atoms with Gasteiger partial charge in [0.05, 0.1) is 11.4 Å². The van der Waals surface area contributed by atoms with Crippen LogP contribution in [0.3, 0.4) is 0 Å². The van der Waals surface area contributed by atoms with E-state index in [0.717, 1.165) is 5.56 Å². The van der Waals surface area contributed by atoms with Crippen LogP contribution in [0, 0.1) is 26.6 Å². The Balaban J connectivity index is 2.12. The molecule has 0 radical (unpaired) electrons. The zero-order valence-electron chi connectivity index (χ0n) is 16.5. The molecular weight excluding hydrogens is 379 g/mol.